The lowest BCUT2D eigenvalue weighted by molar-refractivity contribution is 0.196. The van der Waals surface area contributed by atoms with E-state index in [9.17, 15) is 0 Å². The van der Waals surface area contributed by atoms with E-state index in [1.807, 2.05) is 7.05 Å². The second-order valence-corrected chi connectivity index (χ2v) is 5.44. The van der Waals surface area contributed by atoms with Crippen LogP contribution in [0.3, 0.4) is 0 Å². The van der Waals surface area contributed by atoms with Crippen LogP contribution in [0.5, 0.6) is 0 Å². The Balaban J connectivity index is 2.56. The summed E-state index contributed by atoms with van der Waals surface area (Å²) in [5.41, 5.74) is 0.221. The quantitative estimate of drug-likeness (QED) is 0.703. The fraction of sp³-hybridized carbons (Fsp3) is 1.00. The number of aliphatic hydroxyl groups is 1. The van der Waals surface area contributed by atoms with Gasteiger partial charge in [-0.05, 0) is 44.6 Å². The molecule has 1 aliphatic carbocycles. The van der Waals surface area contributed by atoms with Crippen molar-refractivity contribution in [2.75, 3.05) is 13.7 Å². The summed E-state index contributed by atoms with van der Waals surface area (Å²) >= 11 is 0. The van der Waals surface area contributed by atoms with Gasteiger partial charge in [0, 0.05) is 12.1 Å². The summed E-state index contributed by atoms with van der Waals surface area (Å²) in [6.45, 7) is 4.99. The molecule has 0 aliphatic heterocycles. The van der Waals surface area contributed by atoms with E-state index in [1.165, 1.54) is 32.1 Å². The molecule has 0 amide bonds. The van der Waals surface area contributed by atoms with Gasteiger partial charge >= 0.3 is 0 Å². The second-order valence-electron chi connectivity index (χ2n) is 5.44. The summed E-state index contributed by atoms with van der Waals surface area (Å²) in [7, 11) is 2.05. The maximum Gasteiger partial charge on any atom is 0.0448 e. The second kappa shape index (κ2) is 5.86. The first-order valence-electron chi connectivity index (χ1n) is 6.43. The summed E-state index contributed by atoms with van der Waals surface area (Å²) in [6.07, 6.45) is 7.36. The van der Waals surface area contributed by atoms with Crippen molar-refractivity contribution in [1.29, 1.82) is 0 Å². The molecule has 0 saturated heterocycles. The van der Waals surface area contributed by atoms with E-state index in [4.69, 9.17) is 5.11 Å². The zero-order valence-electron chi connectivity index (χ0n) is 10.6. The van der Waals surface area contributed by atoms with Crippen LogP contribution in [-0.4, -0.2) is 24.3 Å². The zero-order valence-corrected chi connectivity index (χ0v) is 10.6. The minimum Gasteiger partial charge on any atom is -0.396 e. The smallest absolute Gasteiger partial charge is 0.0448 e. The Hall–Kier alpha value is -0.0800. The van der Waals surface area contributed by atoms with Gasteiger partial charge in [0.25, 0.3) is 0 Å². The van der Waals surface area contributed by atoms with Gasteiger partial charge in [0.1, 0.15) is 0 Å². The van der Waals surface area contributed by atoms with Crippen LogP contribution in [0, 0.1) is 11.8 Å². The molecule has 2 unspecified atom stereocenters. The van der Waals surface area contributed by atoms with Crippen molar-refractivity contribution < 1.29 is 5.11 Å². The van der Waals surface area contributed by atoms with Crippen LogP contribution >= 0.6 is 0 Å². The third-order valence-electron chi connectivity index (χ3n) is 4.29. The van der Waals surface area contributed by atoms with Crippen LogP contribution in [0.1, 0.15) is 52.4 Å². The van der Waals surface area contributed by atoms with Crippen LogP contribution in [0.25, 0.3) is 0 Å². The molecule has 0 spiro atoms. The van der Waals surface area contributed by atoms with Crippen LogP contribution < -0.4 is 5.32 Å². The van der Waals surface area contributed by atoms with Gasteiger partial charge in [0.15, 0.2) is 0 Å². The average molecular weight is 213 g/mol. The third-order valence-corrected chi connectivity index (χ3v) is 4.29. The maximum atomic E-state index is 9.14. The van der Waals surface area contributed by atoms with Gasteiger partial charge in [-0.2, -0.15) is 0 Å². The van der Waals surface area contributed by atoms with Crippen LogP contribution in [0.15, 0.2) is 0 Å². The van der Waals surface area contributed by atoms with Crippen molar-refractivity contribution in [2.45, 2.75) is 57.9 Å². The van der Waals surface area contributed by atoms with Gasteiger partial charge in [-0.15, -0.1) is 0 Å². The van der Waals surface area contributed by atoms with Gasteiger partial charge in [0.2, 0.25) is 0 Å². The van der Waals surface area contributed by atoms with Gasteiger partial charge in [-0.25, -0.2) is 0 Å². The summed E-state index contributed by atoms with van der Waals surface area (Å²) in [6, 6.07) is 0. The van der Waals surface area contributed by atoms with Gasteiger partial charge < -0.3 is 10.4 Å². The molecule has 0 bridgehead atoms. The minimum atomic E-state index is 0.221. The molecular formula is C13H27NO. The standard InChI is InChI=1S/C13H27NO/c1-11(2)12-5-4-7-13(14-3,8-6-12)9-10-15/h11-12,14-15H,4-10H2,1-3H3. The first-order valence-corrected chi connectivity index (χ1v) is 6.43. The lowest BCUT2D eigenvalue weighted by Gasteiger charge is -2.32. The summed E-state index contributed by atoms with van der Waals surface area (Å²) in [5.74, 6) is 1.70. The highest BCUT2D eigenvalue weighted by Crippen LogP contribution is 2.35. The Bertz CT molecular complexity index is 181. The highest BCUT2D eigenvalue weighted by Gasteiger charge is 2.31. The van der Waals surface area contributed by atoms with Gasteiger partial charge in [0.05, 0.1) is 0 Å². The van der Waals surface area contributed by atoms with E-state index in [2.05, 4.69) is 19.2 Å². The lowest BCUT2D eigenvalue weighted by Crippen LogP contribution is -2.43. The van der Waals surface area contributed by atoms with Crippen molar-refractivity contribution in [1.82, 2.24) is 5.32 Å². The molecule has 1 aliphatic rings. The lowest BCUT2D eigenvalue weighted by atomic mass is 9.85. The Kier molecular flexibility index (Phi) is 5.07. The Morgan fingerprint density at radius 3 is 2.60 bits per heavy atom. The molecule has 15 heavy (non-hydrogen) atoms. The molecule has 0 aromatic rings. The van der Waals surface area contributed by atoms with E-state index >= 15 is 0 Å². The molecule has 2 heteroatoms. The molecule has 0 radical (unpaired) electrons. The Morgan fingerprint density at radius 2 is 2.07 bits per heavy atom. The normalized spacial score (nSPS) is 33.0. The Labute approximate surface area is 94.5 Å². The molecule has 2 atom stereocenters. The molecule has 2 nitrogen and oxygen atoms in total. The molecule has 0 aromatic carbocycles. The number of aliphatic hydroxyl groups excluding tert-OH is 1. The first-order chi connectivity index (χ1) is 7.13. The Morgan fingerprint density at radius 1 is 1.33 bits per heavy atom. The summed E-state index contributed by atoms with van der Waals surface area (Å²) < 4.78 is 0. The van der Waals surface area contributed by atoms with Crippen molar-refractivity contribution >= 4 is 0 Å². The molecule has 2 N–H and O–H groups in total. The van der Waals surface area contributed by atoms with Crippen molar-refractivity contribution in [3.8, 4) is 0 Å². The van der Waals surface area contributed by atoms with E-state index < -0.39 is 0 Å². The van der Waals surface area contributed by atoms with E-state index in [-0.39, 0.29) is 5.54 Å². The van der Waals surface area contributed by atoms with Crippen LogP contribution in [-0.2, 0) is 0 Å². The topological polar surface area (TPSA) is 32.3 Å². The summed E-state index contributed by atoms with van der Waals surface area (Å²) in [5, 5.41) is 12.6. The molecular weight excluding hydrogens is 186 g/mol. The van der Waals surface area contributed by atoms with Crippen molar-refractivity contribution in [2.24, 2.45) is 11.8 Å². The van der Waals surface area contributed by atoms with Crippen molar-refractivity contribution in [3.05, 3.63) is 0 Å². The molecule has 1 rings (SSSR count). The number of hydrogen-bond acceptors (Lipinski definition) is 2. The molecule has 0 heterocycles. The largest absolute Gasteiger partial charge is 0.396 e. The molecule has 0 aromatic heterocycles. The van der Waals surface area contributed by atoms with Crippen LogP contribution in [0.2, 0.25) is 0 Å². The van der Waals surface area contributed by atoms with Crippen LogP contribution in [0.4, 0.5) is 0 Å². The monoisotopic (exact) mass is 213 g/mol. The van der Waals surface area contributed by atoms with Gasteiger partial charge in [-0.1, -0.05) is 26.7 Å². The van der Waals surface area contributed by atoms with Crippen molar-refractivity contribution in [3.63, 3.8) is 0 Å². The van der Waals surface area contributed by atoms with E-state index in [1.54, 1.807) is 0 Å². The predicted octanol–water partition coefficient (Wildman–Crippen LogP) is 2.56. The van der Waals surface area contributed by atoms with Gasteiger partial charge in [-0.3, -0.25) is 0 Å². The molecule has 1 saturated carbocycles. The highest BCUT2D eigenvalue weighted by molar-refractivity contribution is 4.90. The third kappa shape index (κ3) is 3.46. The number of nitrogens with one attached hydrogen (secondary N) is 1. The molecule has 90 valence electrons. The highest BCUT2D eigenvalue weighted by atomic mass is 16.3. The maximum absolute atomic E-state index is 9.14. The number of rotatable bonds is 4. The number of hydrogen-bond donors (Lipinski definition) is 2. The van der Waals surface area contributed by atoms with E-state index in [0.29, 0.717) is 6.61 Å². The SMILES string of the molecule is CNC1(CCO)CCCC(C(C)C)CC1. The summed E-state index contributed by atoms with van der Waals surface area (Å²) in [4.78, 5) is 0. The predicted molar refractivity (Wildman–Crippen MR) is 64.9 cm³/mol. The minimum absolute atomic E-state index is 0.221. The first kappa shape index (κ1) is 13.0. The molecule has 1 fully saturated rings. The van der Waals surface area contributed by atoms with E-state index in [0.717, 1.165) is 18.3 Å². The fourth-order valence-corrected chi connectivity index (χ4v) is 2.94. The zero-order chi connectivity index (χ0) is 11.3. The fourth-order valence-electron chi connectivity index (χ4n) is 2.94. The average Bonchev–Trinajstić information content (AvgIpc) is 2.42.